The Hall–Kier alpha value is -1.35. The highest BCUT2D eigenvalue weighted by atomic mass is 15.1. The van der Waals surface area contributed by atoms with Crippen LogP contribution in [0.3, 0.4) is 0 Å². The second-order valence-electron chi connectivity index (χ2n) is 6.34. The molecule has 1 aromatic carbocycles. The molecule has 19 heavy (non-hydrogen) atoms. The number of fused-ring (bicyclic) bond motifs is 1. The van der Waals surface area contributed by atoms with Crippen molar-refractivity contribution in [1.82, 2.24) is 9.55 Å². The van der Waals surface area contributed by atoms with Crippen LogP contribution in [0.5, 0.6) is 0 Å². The third kappa shape index (κ3) is 1.57. The summed E-state index contributed by atoms with van der Waals surface area (Å²) in [5, 5.41) is 0. The van der Waals surface area contributed by atoms with E-state index < -0.39 is 0 Å². The summed E-state index contributed by atoms with van der Waals surface area (Å²) in [5.41, 5.74) is 10.0. The Kier molecular flexibility index (Phi) is 2.31. The summed E-state index contributed by atoms with van der Waals surface area (Å²) in [7, 11) is 2.15. The van der Waals surface area contributed by atoms with Crippen molar-refractivity contribution in [3.05, 3.63) is 29.6 Å². The van der Waals surface area contributed by atoms with Gasteiger partial charge in [0.2, 0.25) is 0 Å². The number of hydrogen-bond donors (Lipinski definition) is 1. The minimum atomic E-state index is 0.266. The summed E-state index contributed by atoms with van der Waals surface area (Å²) in [4.78, 5) is 4.89. The maximum absolute atomic E-state index is 5.93. The average Bonchev–Trinajstić information content (AvgIpc) is 3.10. The fourth-order valence-electron chi connectivity index (χ4n) is 3.34. The first-order chi connectivity index (χ1) is 9.23. The number of imidazole rings is 1. The Labute approximate surface area is 113 Å². The van der Waals surface area contributed by atoms with Gasteiger partial charge in [0, 0.05) is 24.9 Å². The first-order valence-electron chi connectivity index (χ1n) is 7.40. The van der Waals surface area contributed by atoms with Crippen LogP contribution in [0, 0.1) is 0 Å². The first kappa shape index (κ1) is 11.5. The minimum absolute atomic E-state index is 0.266. The zero-order chi connectivity index (χ0) is 13.0. The zero-order valence-electron chi connectivity index (χ0n) is 11.5. The Morgan fingerprint density at radius 1 is 1.37 bits per heavy atom. The summed E-state index contributed by atoms with van der Waals surface area (Å²) >= 11 is 0. The fourth-order valence-corrected chi connectivity index (χ4v) is 3.34. The normalized spacial score (nSPS) is 21.6. The van der Waals surface area contributed by atoms with Crippen LogP contribution in [-0.2, 0) is 12.5 Å². The lowest BCUT2D eigenvalue weighted by atomic mass is 9.85. The van der Waals surface area contributed by atoms with Crippen LogP contribution in [0.4, 0.5) is 0 Å². The Balaban J connectivity index is 1.81. The Morgan fingerprint density at radius 3 is 2.74 bits per heavy atom. The van der Waals surface area contributed by atoms with Crippen molar-refractivity contribution in [2.75, 3.05) is 6.54 Å². The minimum Gasteiger partial charge on any atom is -0.331 e. The molecular formula is C16H21N3. The summed E-state index contributed by atoms with van der Waals surface area (Å²) in [6.07, 6.45) is 6.43. The number of nitrogens with two attached hydrogens (primary N) is 1. The zero-order valence-corrected chi connectivity index (χ0v) is 11.5. The predicted octanol–water partition coefficient (Wildman–Crippen LogP) is 2.83. The average molecular weight is 255 g/mol. The van der Waals surface area contributed by atoms with Gasteiger partial charge >= 0.3 is 0 Å². The van der Waals surface area contributed by atoms with Crippen LogP contribution in [0.1, 0.15) is 49.4 Å². The molecule has 1 heterocycles. The lowest BCUT2D eigenvalue weighted by Crippen LogP contribution is -2.19. The van der Waals surface area contributed by atoms with Crippen molar-refractivity contribution >= 4 is 11.0 Å². The molecule has 2 fully saturated rings. The van der Waals surface area contributed by atoms with Crippen LogP contribution in [-0.4, -0.2) is 16.1 Å². The molecule has 0 atom stereocenters. The lowest BCUT2D eigenvalue weighted by molar-refractivity contribution is 0.395. The molecule has 3 heteroatoms. The van der Waals surface area contributed by atoms with Crippen molar-refractivity contribution < 1.29 is 0 Å². The van der Waals surface area contributed by atoms with E-state index in [-0.39, 0.29) is 5.41 Å². The third-order valence-corrected chi connectivity index (χ3v) is 5.24. The van der Waals surface area contributed by atoms with Crippen LogP contribution in [0.2, 0.25) is 0 Å². The molecule has 2 aliphatic carbocycles. The molecule has 0 aliphatic heterocycles. The standard InChI is InChI=1S/C16H21N3/c1-19-14-6-5-12(16(10-17)7-8-16)9-13(14)18-15(19)11-3-2-4-11/h5-6,9,11H,2-4,7-8,10,17H2,1H3. The van der Waals surface area contributed by atoms with Gasteiger partial charge in [0.15, 0.2) is 0 Å². The van der Waals surface area contributed by atoms with Crippen molar-refractivity contribution in [2.45, 2.75) is 43.4 Å². The number of aromatic nitrogens is 2. The van der Waals surface area contributed by atoms with E-state index in [9.17, 15) is 0 Å². The van der Waals surface area contributed by atoms with Gasteiger partial charge in [-0.1, -0.05) is 12.5 Å². The molecule has 0 amide bonds. The molecule has 4 rings (SSSR count). The molecule has 0 radical (unpaired) electrons. The summed E-state index contributed by atoms with van der Waals surface area (Å²) < 4.78 is 2.28. The molecule has 0 bridgehead atoms. The second-order valence-corrected chi connectivity index (χ2v) is 6.34. The van der Waals surface area contributed by atoms with Gasteiger partial charge in [0.25, 0.3) is 0 Å². The van der Waals surface area contributed by atoms with Crippen molar-refractivity contribution in [3.63, 3.8) is 0 Å². The Morgan fingerprint density at radius 2 is 2.16 bits per heavy atom. The van der Waals surface area contributed by atoms with E-state index in [1.807, 2.05) is 0 Å². The van der Waals surface area contributed by atoms with Crippen molar-refractivity contribution in [1.29, 1.82) is 0 Å². The number of rotatable bonds is 3. The highest BCUT2D eigenvalue weighted by Gasteiger charge is 2.43. The van der Waals surface area contributed by atoms with Gasteiger partial charge in [-0.15, -0.1) is 0 Å². The monoisotopic (exact) mass is 255 g/mol. The van der Waals surface area contributed by atoms with Gasteiger partial charge in [-0.3, -0.25) is 0 Å². The summed E-state index contributed by atoms with van der Waals surface area (Å²) in [5.74, 6) is 1.96. The molecule has 2 aliphatic rings. The van der Waals surface area contributed by atoms with Gasteiger partial charge in [0.05, 0.1) is 11.0 Å². The lowest BCUT2D eigenvalue weighted by Gasteiger charge is -2.24. The molecule has 3 nitrogen and oxygen atoms in total. The predicted molar refractivity (Wildman–Crippen MR) is 77.3 cm³/mol. The maximum Gasteiger partial charge on any atom is 0.112 e. The van der Waals surface area contributed by atoms with E-state index in [4.69, 9.17) is 10.7 Å². The SMILES string of the molecule is Cn1c(C2CCC2)nc2cc(C3(CN)CC3)ccc21. The van der Waals surface area contributed by atoms with E-state index in [0.717, 1.165) is 12.1 Å². The number of hydrogen-bond acceptors (Lipinski definition) is 2. The summed E-state index contributed by atoms with van der Waals surface area (Å²) in [6.45, 7) is 0.765. The highest BCUT2D eigenvalue weighted by Crippen LogP contribution is 2.47. The topological polar surface area (TPSA) is 43.8 Å². The molecule has 2 aromatic rings. The van der Waals surface area contributed by atoms with E-state index in [2.05, 4.69) is 29.8 Å². The van der Waals surface area contributed by atoms with E-state index in [1.54, 1.807) is 0 Å². The largest absolute Gasteiger partial charge is 0.331 e. The maximum atomic E-state index is 5.93. The van der Waals surface area contributed by atoms with Crippen molar-refractivity contribution in [2.24, 2.45) is 12.8 Å². The quantitative estimate of drug-likeness (QED) is 0.916. The molecule has 0 saturated heterocycles. The van der Waals surface area contributed by atoms with E-state index >= 15 is 0 Å². The molecule has 2 saturated carbocycles. The molecule has 0 unspecified atom stereocenters. The van der Waals surface area contributed by atoms with E-state index in [1.165, 1.54) is 49.0 Å². The van der Waals surface area contributed by atoms with Gasteiger partial charge in [-0.05, 0) is 43.4 Å². The number of aryl methyl sites for hydroxylation is 1. The molecular weight excluding hydrogens is 234 g/mol. The van der Waals surface area contributed by atoms with Gasteiger partial charge in [-0.25, -0.2) is 4.98 Å². The van der Waals surface area contributed by atoms with Crippen LogP contribution < -0.4 is 5.73 Å². The number of benzene rings is 1. The molecule has 100 valence electrons. The molecule has 1 aromatic heterocycles. The van der Waals surface area contributed by atoms with Gasteiger partial charge in [-0.2, -0.15) is 0 Å². The van der Waals surface area contributed by atoms with Crippen LogP contribution in [0.25, 0.3) is 11.0 Å². The Bertz CT molecular complexity index is 633. The van der Waals surface area contributed by atoms with Crippen LogP contribution >= 0.6 is 0 Å². The van der Waals surface area contributed by atoms with Gasteiger partial charge < -0.3 is 10.3 Å². The smallest absolute Gasteiger partial charge is 0.112 e. The summed E-state index contributed by atoms with van der Waals surface area (Å²) in [6, 6.07) is 6.77. The second kappa shape index (κ2) is 3.83. The third-order valence-electron chi connectivity index (χ3n) is 5.24. The van der Waals surface area contributed by atoms with E-state index in [0.29, 0.717) is 5.92 Å². The molecule has 2 N–H and O–H groups in total. The first-order valence-corrected chi connectivity index (χ1v) is 7.40. The molecule has 0 spiro atoms. The highest BCUT2D eigenvalue weighted by molar-refractivity contribution is 5.77. The van der Waals surface area contributed by atoms with Gasteiger partial charge in [0.1, 0.15) is 5.82 Å². The fraction of sp³-hybridized carbons (Fsp3) is 0.562. The number of nitrogens with zero attached hydrogens (tertiary/aromatic N) is 2. The van der Waals surface area contributed by atoms with Crippen molar-refractivity contribution in [3.8, 4) is 0 Å². The van der Waals surface area contributed by atoms with Crippen LogP contribution in [0.15, 0.2) is 18.2 Å².